The van der Waals surface area contributed by atoms with E-state index < -0.39 is 0 Å². The summed E-state index contributed by atoms with van der Waals surface area (Å²) in [5.74, 6) is 1.06. The van der Waals surface area contributed by atoms with Gasteiger partial charge in [-0.3, -0.25) is 9.48 Å². The van der Waals surface area contributed by atoms with E-state index >= 15 is 0 Å². The van der Waals surface area contributed by atoms with Crippen molar-refractivity contribution in [2.75, 3.05) is 11.9 Å². The SMILES string of the molecule is Cl.Cn1nc(C2CCCCC2)cc1NC(=O)c1csc(CCN)n1. The van der Waals surface area contributed by atoms with E-state index in [4.69, 9.17) is 5.73 Å². The van der Waals surface area contributed by atoms with Crippen LogP contribution in [0.4, 0.5) is 5.82 Å². The molecule has 3 rings (SSSR count). The van der Waals surface area contributed by atoms with Crippen LogP contribution in [-0.2, 0) is 13.5 Å². The fourth-order valence-corrected chi connectivity index (χ4v) is 3.83. The highest BCUT2D eigenvalue weighted by molar-refractivity contribution is 7.09. The minimum atomic E-state index is -0.192. The van der Waals surface area contributed by atoms with Gasteiger partial charge in [0.2, 0.25) is 0 Å². The van der Waals surface area contributed by atoms with Crippen LogP contribution in [0.5, 0.6) is 0 Å². The van der Waals surface area contributed by atoms with Gasteiger partial charge in [0, 0.05) is 30.8 Å². The molecule has 0 aliphatic heterocycles. The summed E-state index contributed by atoms with van der Waals surface area (Å²) in [6, 6.07) is 2.00. The van der Waals surface area contributed by atoms with Crippen LogP contribution in [0.1, 0.15) is 59.2 Å². The molecule has 0 bridgehead atoms. The monoisotopic (exact) mass is 369 g/mol. The molecule has 2 aromatic heterocycles. The van der Waals surface area contributed by atoms with Crippen LogP contribution in [0, 0.1) is 0 Å². The summed E-state index contributed by atoms with van der Waals surface area (Å²) in [4.78, 5) is 16.6. The zero-order valence-corrected chi connectivity index (χ0v) is 15.5. The fourth-order valence-electron chi connectivity index (χ4n) is 3.04. The number of nitrogens with two attached hydrogens (primary N) is 1. The maximum atomic E-state index is 12.3. The molecule has 0 aromatic carbocycles. The number of nitrogens with zero attached hydrogens (tertiary/aromatic N) is 3. The van der Waals surface area contributed by atoms with Gasteiger partial charge in [-0.25, -0.2) is 4.98 Å². The molecule has 24 heavy (non-hydrogen) atoms. The maximum Gasteiger partial charge on any atom is 0.276 e. The van der Waals surface area contributed by atoms with Gasteiger partial charge >= 0.3 is 0 Å². The van der Waals surface area contributed by atoms with E-state index in [9.17, 15) is 4.79 Å². The quantitative estimate of drug-likeness (QED) is 0.847. The molecule has 0 unspecified atom stereocenters. The molecule has 6 nitrogen and oxygen atoms in total. The standard InChI is InChI=1S/C16H23N5OS.ClH/c1-21-14(9-12(20-21)11-5-3-2-4-6-11)19-16(22)13-10-23-15(18-13)7-8-17;/h9-11H,2-8,17H2,1H3,(H,19,22);1H. The number of nitrogens with one attached hydrogen (secondary N) is 1. The highest BCUT2D eigenvalue weighted by atomic mass is 35.5. The Hall–Kier alpha value is -1.44. The average molecular weight is 370 g/mol. The number of hydrogen-bond donors (Lipinski definition) is 2. The van der Waals surface area contributed by atoms with E-state index in [2.05, 4.69) is 15.4 Å². The van der Waals surface area contributed by atoms with Crippen LogP contribution in [0.3, 0.4) is 0 Å². The van der Waals surface area contributed by atoms with Crippen molar-refractivity contribution in [3.8, 4) is 0 Å². The van der Waals surface area contributed by atoms with Crippen molar-refractivity contribution < 1.29 is 4.79 Å². The third kappa shape index (κ3) is 4.34. The Labute approximate surface area is 152 Å². The van der Waals surface area contributed by atoms with Crippen molar-refractivity contribution in [3.05, 3.63) is 27.8 Å². The smallest absolute Gasteiger partial charge is 0.276 e. The lowest BCUT2D eigenvalue weighted by molar-refractivity contribution is 0.102. The van der Waals surface area contributed by atoms with Crippen LogP contribution in [0.15, 0.2) is 11.4 Å². The Balaban J connectivity index is 0.00000208. The van der Waals surface area contributed by atoms with Crippen LogP contribution in [0.25, 0.3) is 0 Å². The van der Waals surface area contributed by atoms with Crippen LogP contribution in [-0.4, -0.2) is 27.2 Å². The van der Waals surface area contributed by atoms with Gasteiger partial charge in [-0.2, -0.15) is 5.10 Å². The van der Waals surface area contributed by atoms with Crippen LogP contribution < -0.4 is 11.1 Å². The molecule has 0 radical (unpaired) electrons. The summed E-state index contributed by atoms with van der Waals surface area (Å²) in [6.07, 6.45) is 6.95. The van der Waals surface area contributed by atoms with Gasteiger partial charge in [0.25, 0.3) is 5.91 Å². The van der Waals surface area contributed by atoms with E-state index in [0.29, 0.717) is 24.6 Å². The van der Waals surface area contributed by atoms with Crippen molar-refractivity contribution in [2.24, 2.45) is 12.8 Å². The number of aromatic nitrogens is 3. The number of rotatable bonds is 5. The highest BCUT2D eigenvalue weighted by Crippen LogP contribution is 2.32. The first-order valence-electron chi connectivity index (χ1n) is 8.17. The molecule has 3 N–H and O–H groups in total. The first kappa shape index (κ1) is 18.9. The number of carbonyl (C=O) groups excluding carboxylic acids is 1. The third-order valence-corrected chi connectivity index (χ3v) is 5.21. The Morgan fingerprint density at radius 1 is 1.42 bits per heavy atom. The summed E-state index contributed by atoms with van der Waals surface area (Å²) in [6.45, 7) is 0.543. The Morgan fingerprint density at radius 2 is 2.17 bits per heavy atom. The molecule has 0 spiro atoms. The summed E-state index contributed by atoms with van der Waals surface area (Å²) >= 11 is 1.47. The summed E-state index contributed by atoms with van der Waals surface area (Å²) in [5, 5.41) is 10.2. The number of carbonyl (C=O) groups is 1. The molecule has 132 valence electrons. The number of hydrogen-bond acceptors (Lipinski definition) is 5. The molecule has 1 aliphatic rings. The number of thiazole rings is 1. The fraction of sp³-hybridized carbons (Fsp3) is 0.562. The predicted molar refractivity (Wildman–Crippen MR) is 99.1 cm³/mol. The predicted octanol–water partition coefficient (Wildman–Crippen LogP) is 3.10. The molecule has 0 atom stereocenters. The average Bonchev–Trinajstić information content (AvgIpc) is 3.16. The lowest BCUT2D eigenvalue weighted by Gasteiger charge is -2.19. The summed E-state index contributed by atoms with van der Waals surface area (Å²) < 4.78 is 1.75. The van der Waals surface area contributed by atoms with Gasteiger partial charge in [0.05, 0.1) is 10.7 Å². The van der Waals surface area contributed by atoms with Crippen molar-refractivity contribution in [1.29, 1.82) is 0 Å². The van der Waals surface area contributed by atoms with Gasteiger partial charge in [-0.1, -0.05) is 19.3 Å². The molecule has 0 saturated heterocycles. The van der Waals surface area contributed by atoms with Gasteiger partial charge in [-0.15, -0.1) is 23.7 Å². The van der Waals surface area contributed by atoms with Gasteiger partial charge in [-0.05, 0) is 19.4 Å². The van der Waals surface area contributed by atoms with Crippen LogP contribution >= 0.6 is 23.7 Å². The second kappa shape index (κ2) is 8.60. The van der Waals surface area contributed by atoms with Gasteiger partial charge in [0.15, 0.2) is 0 Å². The van der Waals surface area contributed by atoms with E-state index in [1.165, 1.54) is 43.4 Å². The lowest BCUT2D eigenvalue weighted by Crippen LogP contribution is -2.15. The zero-order chi connectivity index (χ0) is 16.2. The largest absolute Gasteiger partial charge is 0.330 e. The minimum absolute atomic E-state index is 0. The molecule has 2 heterocycles. The van der Waals surface area contributed by atoms with E-state index in [-0.39, 0.29) is 18.3 Å². The maximum absolute atomic E-state index is 12.3. The van der Waals surface area contributed by atoms with E-state index in [0.717, 1.165) is 16.5 Å². The van der Waals surface area contributed by atoms with Crippen molar-refractivity contribution in [2.45, 2.75) is 44.4 Å². The highest BCUT2D eigenvalue weighted by Gasteiger charge is 2.20. The lowest BCUT2D eigenvalue weighted by atomic mass is 9.87. The number of amides is 1. The second-order valence-electron chi connectivity index (χ2n) is 6.03. The van der Waals surface area contributed by atoms with Gasteiger partial charge < -0.3 is 11.1 Å². The molecular formula is C16H24ClN5OS. The molecule has 1 saturated carbocycles. The zero-order valence-electron chi connectivity index (χ0n) is 13.8. The Kier molecular flexibility index (Phi) is 6.77. The van der Waals surface area contributed by atoms with Crippen molar-refractivity contribution in [3.63, 3.8) is 0 Å². The van der Waals surface area contributed by atoms with E-state index in [1.54, 1.807) is 10.1 Å². The molecule has 1 fully saturated rings. The number of anilines is 1. The molecule has 1 aliphatic carbocycles. The molecule has 8 heteroatoms. The molecule has 2 aromatic rings. The molecular weight excluding hydrogens is 346 g/mol. The first-order chi connectivity index (χ1) is 11.2. The van der Waals surface area contributed by atoms with Crippen molar-refractivity contribution in [1.82, 2.24) is 14.8 Å². The van der Waals surface area contributed by atoms with Crippen molar-refractivity contribution >= 4 is 35.5 Å². The first-order valence-corrected chi connectivity index (χ1v) is 9.05. The van der Waals surface area contributed by atoms with Crippen LogP contribution in [0.2, 0.25) is 0 Å². The topological polar surface area (TPSA) is 85.8 Å². The minimum Gasteiger partial charge on any atom is -0.330 e. The Bertz CT molecular complexity index is 678. The number of halogens is 1. The molecule has 1 amide bonds. The van der Waals surface area contributed by atoms with Gasteiger partial charge in [0.1, 0.15) is 11.5 Å². The van der Waals surface area contributed by atoms with E-state index in [1.807, 2.05) is 13.1 Å². The summed E-state index contributed by atoms with van der Waals surface area (Å²) in [7, 11) is 1.86. The third-order valence-electron chi connectivity index (χ3n) is 4.31. The Morgan fingerprint density at radius 3 is 2.88 bits per heavy atom. The normalized spacial score (nSPS) is 15.1. The number of aryl methyl sites for hydroxylation is 1. The summed E-state index contributed by atoms with van der Waals surface area (Å²) in [5.41, 5.74) is 7.05. The second-order valence-corrected chi connectivity index (χ2v) is 6.97.